The van der Waals surface area contributed by atoms with Gasteiger partial charge < -0.3 is 21.3 Å². The maximum atomic E-state index is 10.4. The molecule has 5 N–H and O–H groups in total. The van der Waals surface area contributed by atoms with E-state index in [1.807, 2.05) is 0 Å². The maximum Gasteiger partial charge on any atom is 0.234 e. The zero-order valence-electron chi connectivity index (χ0n) is 5.37. The van der Waals surface area contributed by atoms with Gasteiger partial charge in [-0.2, -0.15) is 0 Å². The molecule has 1 amide bonds. The zero-order valence-corrected chi connectivity index (χ0v) is 5.37. The van der Waals surface area contributed by atoms with Crippen LogP contribution in [0.4, 0.5) is 0 Å². The lowest BCUT2D eigenvalue weighted by Gasteiger charge is -2.11. The van der Waals surface area contributed by atoms with Crippen molar-refractivity contribution in [2.24, 2.45) is 5.73 Å². The Kier molecular flexibility index (Phi) is 1.63. The lowest BCUT2D eigenvalue weighted by Crippen LogP contribution is -2.36. The third-order valence-electron chi connectivity index (χ3n) is 1.51. The standard InChI is InChI=1S/C5H10N2O3/c6-4(8)3-1-5(9,10)2-7-3/h3,7,9-10H,1-2H2,(H2,6,8). The van der Waals surface area contributed by atoms with Gasteiger partial charge in [-0.3, -0.25) is 4.79 Å². The van der Waals surface area contributed by atoms with Gasteiger partial charge in [-0.25, -0.2) is 0 Å². The number of hydrogen-bond acceptors (Lipinski definition) is 4. The minimum atomic E-state index is -1.76. The first kappa shape index (κ1) is 7.46. The molecule has 0 bridgehead atoms. The molecule has 1 fully saturated rings. The van der Waals surface area contributed by atoms with Crippen molar-refractivity contribution < 1.29 is 15.0 Å². The molecule has 1 aliphatic heterocycles. The summed E-state index contributed by atoms with van der Waals surface area (Å²) in [5, 5.41) is 20.4. The van der Waals surface area contributed by atoms with Gasteiger partial charge in [-0.15, -0.1) is 0 Å². The van der Waals surface area contributed by atoms with Crippen molar-refractivity contribution in [1.82, 2.24) is 5.32 Å². The molecule has 5 nitrogen and oxygen atoms in total. The highest BCUT2D eigenvalue weighted by atomic mass is 16.5. The molecule has 5 heteroatoms. The van der Waals surface area contributed by atoms with Crippen LogP contribution < -0.4 is 11.1 Å². The largest absolute Gasteiger partial charge is 0.368 e. The molecule has 1 rings (SSSR count). The van der Waals surface area contributed by atoms with Crippen molar-refractivity contribution in [2.75, 3.05) is 6.54 Å². The molecule has 0 radical (unpaired) electrons. The van der Waals surface area contributed by atoms with E-state index in [2.05, 4.69) is 5.32 Å². The van der Waals surface area contributed by atoms with E-state index >= 15 is 0 Å². The molecule has 10 heavy (non-hydrogen) atoms. The summed E-state index contributed by atoms with van der Waals surface area (Å²) < 4.78 is 0. The molecular formula is C5H10N2O3. The van der Waals surface area contributed by atoms with Crippen LogP contribution in [-0.4, -0.2) is 34.5 Å². The Morgan fingerprint density at radius 2 is 2.30 bits per heavy atom. The van der Waals surface area contributed by atoms with E-state index in [0.717, 1.165) is 0 Å². The number of primary amides is 1. The Balaban J connectivity index is 2.51. The summed E-state index contributed by atoms with van der Waals surface area (Å²) in [6.45, 7) is 0.000602. The molecule has 0 aromatic carbocycles. The predicted molar refractivity (Wildman–Crippen MR) is 32.8 cm³/mol. The molecule has 1 heterocycles. The molecule has 0 spiro atoms. The SMILES string of the molecule is NC(=O)C1CC(O)(O)CN1. The minimum absolute atomic E-state index is 0.000602. The molecule has 0 aromatic rings. The zero-order chi connectivity index (χ0) is 7.78. The smallest absolute Gasteiger partial charge is 0.234 e. The van der Waals surface area contributed by atoms with E-state index in [9.17, 15) is 4.79 Å². The first-order valence-electron chi connectivity index (χ1n) is 2.99. The molecular weight excluding hydrogens is 136 g/mol. The third kappa shape index (κ3) is 1.44. The van der Waals surface area contributed by atoms with Crippen LogP contribution in [0.25, 0.3) is 0 Å². The Hall–Kier alpha value is -0.650. The van der Waals surface area contributed by atoms with E-state index in [1.54, 1.807) is 0 Å². The lowest BCUT2D eigenvalue weighted by atomic mass is 10.1. The summed E-state index contributed by atoms with van der Waals surface area (Å²) in [7, 11) is 0. The number of carbonyl (C=O) groups is 1. The Labute approximate surface area is 57.8 Å². The highest BCUT2D eigenvalue weighted by Gasteiger charge is 2.37. The van der Waals surface area contributed by atoms with Crippen LogP contribution in [-0.2, 0) is 4.79 Å². The molecule has 1 saturated heterocycles. The van der Waals surface area contributed by atoms with E-state index in [0.29, 0.717) is 0 Å². The first-order chi connectivity index (χ1) is 4.51. The monoisotopic (exact) mass is 146 g/mol. The van der Waals surface area contributed by atoms with Crippen LogP contribution in [0.3, 0.4) is 0 Å². The van der Waals surface area contributed by atoms with Crippen LogP contribution in [0.15, 0.2) is 0 Å². The van der Waals surface area contributed by atoms with Gasteiger partial charge in [0.15, 0.2) is 5.79 Å². The summed E-state index contributed by atoms with van der Waals surface area (Å²) in [5.41, 5.74) is 4.90. The lowest BCUT2D eigenvalue weighted by molar-refractivity contribution is -0.145. The third-order valence-corrected chi connectivity index (χ3v) is 1.51. The fourth-order valence-electron chi connectivity index (χ4n) is 0.959. The molecule has 0 aromatic heterocycles. The second-order valence-electron chi connectivity index (χ2n) is 2.52. The second-order valence-corrected chi connectivity index (χ2v) is 2.52. The van der Waals surface area contributed by atoms with E-state index in [1.165, 1.54) is 0 Å². The Bertz CT molecular complexity index is 157. The quantitative estimate of drug-likeness (QED) is 0.308. The van der Waals surface area contributed by atoms with Crippen LogP contribution in [0.1, 0.15) is 6.42 Å². The summed E-state index contributed by atoms with van der Waals surface area (Å²) in [6.07, 6.45) is -0.0255. The highest BCUT2D eigenvalue weighted by molar-refractivity contribution is 5.80. The normalized spacial score (nSPS) is 30.4. The molecule has 1 unspecified atom stereocenters. The molecule has 0 aliphatic carbocycles. The van der Waals surface area contributed by atoms with Crippen molar-refractivity contribution >= 4 is 5.91 Å². The van der Waals surface area contributed by atoms with Crippen LogP contribution >= 0.6 is 0 Å². The Morgan fingerprint density at radius 3 is 2.50 bits per heavy atom. The van der Waals surface area contributed by atoms with Gasteiger partial charge in [0, 0.05) is 6.42 Å². The summed E-state index contributed by atoms with van der Waals surface area (Å²) >= 11 is 0. The van der Waals surface area contributed by atoms with Crippen molar-refractivity contribution in [3.05, 3.63) is 0 Å². The van der Waals surface area contributed by atoms with Crippen LogP contribution in [0, 0.1) is 0 Å². The average Bonchev–Trinajstić information content (AvgIpc) is 2.10. The van der Waals surface area contributed by atoms with Gasteiger partial charge in [0.1, 0.15) is 0 Å². The van der Waals surface area contributed by atoms with Gasteiger partial charge in [-0.1, -0.05) is 0 Å². The second kappa shape index (κ2) is 2.19. The molecule has 58 valence electrons. The Morgan fingerprint density at radius 1 is 1.70 bits per heavy atom. The van der Waals surface area contributed by atoms with Crippen molar-refractivity contribution in [3.63, 3.8) is 0 Å². The maximum absolute atomic E-state index is 10.4. The van der Waals surface area contributed by atoms with E-state index < -0.39 is 17.7 Å². The summed E-state index contributed by atoms with van der Waals surface area (Å²) in [5.74, 6) is -2.32. The number of hydrogen-bond donors (Lipinski definition) is 4. The van der Waals surface area contributed by atoms with Crippen molar-refractivity contribution in [2.45, 2.75) is 18.2 Å². The highest BCUT2D eigenvalue weighted by Crippen LogP contribution is 2.14. The number of aliphatic hydroxyl groups is 2. The van der Waals surface area contributed by atoms with Crippen molar-refractivity contribution in [1.29, 1.82) is 0 Å². The number of amides is 1. The topological polar surface area (TPSA) is 95.6 Å². The molecule has 1 aliphatic rings. The molecule has 1 atom stereocenters. The van der Waals surface area contributed by atoms with Crippen LogP contribution in [0.2, 0.25) is 0 Å². The number of nitrogens with one attached hydrogen (secondary N) is 1. The van der Waals surface area contributed by atoms with Gasteiger partial charge >= 0.3 is 0 Å². The van der Waals surface area contributed by atoms with Gasteiger partial charge in [-0.05, 0) is 0 Å². The summed E-state index contributed by atoms with van der Waals surface area (Å²) in [6, 6.07) is -0.602. The van der Waals surface area contributed by atoms with Gasteiger partial charge in [0.05, 0.1) is 12.6 Å². The van der Waals surface area contributed by atoms with E-state index in [-0.39, 0.29) is 13.0 Å². The average molecular weight is 146 g/mol. The number of nitrogens with two attached hydrogens (primary N) is 1. The number of β-amino-alcohol motifs (C(OH)–C–C–N with tert-alkyl or cyclic N) is 2. The first-order valence-corrected chi connectivity index (χ1v) is 2.99. The fraction of sp³-hybridized carbons (Fsp3) is 0.800. The van der Waals surface area contributed by atoms with Crippen molar-refractivity contribution in [3.8, 4) is 0 Å². The van der Waals surface area contributed by atoms with Crippen LogP contribution in [0.5, 0.6) is 0 Å². The van der Waals surface area contributed by atoms with E-state index in [4.69, 9.17) is 15.9 Å². The number of rotatable bonds is 1. The van der Waals surface area contributed by atoms with Gasteiger partial charge in [0.25, 0.3) is 0 Å². The van der Waals surface area contributed by atoms with Gasteiger partial charge in [0.2, 0.25) is 5.91 Å². The minimum Gasteiger partial charge on any atom is -0.368 e. The summed E-state index contributed by atoms with van der Waals surface area (Å²) in [4.78, 5) is 10.4. The predicted octanol–water partition coefficient (Wildman–Crippen LogP) is -2.49. The number of carbonyl (C=O) groups excluding carboxylic acids is 1. The fourth-order valence-corrected chi connectivity index (χ4v) is 0.959. The molecule has 0 saturated carbocycles.